The molecule has 1 heterocycles. The quantitative estimate of drug-likeness (QED) is 0.793. The molecule has 106 valence electrons. The standard InChI is InChI=1S/C13H14O2.C2H6O.H2S/c1-9(2)7-11-8-10-5-3-4-6-12(10)15-13(11)14;1-3-2;/h3-6,8-9H,7H2,1-2H3;1-2H3;1H2. The van der Waals surface area contributed by atoms with Crippen LogP contribution in [0.15, 0.2) is 39.5 Å². The molecule has 0 radical (unpaired) electrons. The van der Waals surface area contributed by atoms with Gasteiger partial charge < -0.3 is 9.15 Å². The molecular formula is C15H22O3S. The molecule has 0 unspecified atom stereocenters. The first kappa shape index (κ1) is 17.7. The Hall–Kier alpha value is -1.26. The molecule has 0 saturated heterocycles. The largest absolute Gasteiger partial charge is 0.423 e. The van der Waals surface area contributed by atoms with Crippen molar-refractivity contribution < 1.29 is 9.15 Å². The summed E-state index contributed by atoms with van der Waals surface area (Å²) >= 11 is 0. The molecule has 1 aromatic heterocycles. The first-order valence-corrected chi connectivity index (χ1v) is 6.00. The molecular weight excluding hydrogens is 260 g/mol. The van der Waals surface area contributed by atoms with Crippen molar-refractivity contribution in [1.29, 1.82) is 0 Å². The highest BCUT2D eigenvalue weighted by atomic mass is 32.1. The Morgan fingerprint density at radius 3 is 2.37 bits per heavy atom. The fraction of sp³-hybridized carbons (Fsp3) is 0.400. The lowest BCUT2D eigenvalue weighted by Crippen LogP contribution is -2.09. The van der Waals surface area contributed by atoms with Crippen molar-refractivity contribution in [2.45, 2.75) is 20.3 Å². The van der Waals surface area contributed by atoms with E-state index in [1.54, 1.807) is 14.2 Å². The molecule has 0 saturated carbocycles. The van der Waals surface area contributed by atoms with Gasteiger partial charge in [-0.05, 0) is 24.5 Å². The summed E-state index contributed by atoms with van der Waals surface area (Å²) in [4.78, 5) is 11.6. The minimum atomic E-state index is -0.206. The fourth-order valence-corrected chi connectivity index (χ4v) is 1.69. The van der Waals surface area contributed by atoms with Gasteiger partial charge in [0.1, 0.15) is 5.58 Å². The van der Waals surface area contributed by atoms with E-state index in [4.69, 9.17) is 4.42 Å². The lowest BCUT2D eigenvalue weighted by atomic mass is 10.0. The Kier molecular flexibility index (Phi) is 8.19. The van der Waals surface area contributed by atoms with E-state index in [1.807, 2.05) is 30.3 Å². The third-order valence-corrected chi connectivity index (χ3v) is 2.34. The number of benzene rings is 1. The summed E-state index contributed by atoms with van der Waals surface area (Å²) in [5.74, 6) is 0.467. The van der Waals surface area contributed by atoms with Crippen LogP contribution in [-0.4, -0.2) is 14.2 Å². The Balaban J connectivity index is 0.000000742. The van der Waals surface area contributed by atoms with Gasteiger partial charge in [0.2, 0.25) is 0 Å². The normalized spacial score (nSPS) is 9.74. The second kappa shape index (κ2) is 8.77. The molecule has 0 aliphatic carbocycles. The predicted octanol–water partition coefficient (Wildman–Crippen LogP) is 3.37. The second-order valence-electron chi connectivity index (χ2n) is 4.60. The average molecular weight is 282 g/mol. The van der Waals surface area contributed by atoms with Crippen LogP contribution < -0.4 is 5.63 Å². The lowest BCUT2D eigenvalue weighted by molar-refractivity contribution is 0.277. The van der Waals surface area contributed by atoms with E-state index in [1.165, 1.54) is 0 Å². The molecule has 4 heteroatoms. The highest BCUT2D eigenvalue weighted by Crippen LogP contribution is 2.14. The number of para-hydroxylation sites is 1. The summed E-state index contributed by atoms with van der Waals surface area (Å²) < 4.78 is 9.49. The van der Waals surface area contributed by atoms with Crippen LogP contribution in [0.1, 0.15) is 19.4 Å². The summed E-state index contributed by atoms with van der Waals surface area (Å²) in [6.07, 6.45) is 0.771. The number of methoxy groups -OCH3 is 1. The van der Waals surface area contributed by atoms with Gasteiger partial charge in [0, 0.05) is 25.2 Å². The molecule has 0 fully saturated rings. The van der Waals surface area contributed by atoms with Gasteiger partial charge in [-0.15, -0.1) is 0 Å². The fourth-order valence-electron chi connectivity index (χ4n) is 1.69. The molecule has 0 aliphatic rings. The van der Waals surface area contributed by atoms with Gasteiger partial charge in [-0.25, -0.2) is 4.79 Å². The number of hydrogen-bond donors (Lipinski definition) is 0. The number of ether oxygens (including phenoxy) is 1. The molecule has 2 rings (SSSR count). The molecule has 3 nitrogen and oxygen atoms in total. The van der Waals surface area contributed by atoms with Crippen molar-refractivity contribution in [1.82, 2.24) is 0 Å². The maximum atomic E-state index is 11.6. The molecule has 1 aromatic carbocycles. The zero-order valence-electron chi connectivity index (χ0n) is 11.9. The summed E-state index contributed by atoms with van der Waals surface area (Å²) in [7, 11) is 3.25. The smallest absolute Gasteiger partial charge is 0.339 e. The van der Waals surface area contributed by atoms with E-state index < -0.39 is 0 Å². The maximum Gasteiger partial charge on any atom is 0.339 e. The Bertz CT molecular complexity index is 546. The molecule has 0 bridgehead atoms. The lowest BCUT2D eigenvalue weighted by Gasteiger charge is -2.04. The third kappa shape index (κ3) is 5.49. The van der Waals surface area contributed by atoms with Gasteiger partial charge in [-0.1, -0.05) is 32.0 Å². The molecule has 0 aliphatic heterocycles. The van der Waals surface area contributed by atoms with Crippen molar-refractivity contribution >= 4 is 24.5 Å². The van der Waals surface area contributed by atoms with Crippen LogP contribution in [0.5, 0.6) is 0 Å². The summed E-state index contributed by atoms with van der Waals surface area (Å²) in [6, 6.07) is 9.52. The SMILES string of the molecule is CC(C)Cc1cc2ccccc2oc1=O.COC.S. The van der Waals surface area contributed by atoms with E-state index in [2.05, 4.69) is 18.6 Å². The van der Waals surface area contributed by atoms with Crippen LogP contribution in [0.2, 0.25) is 0 Å². The van der Waals surface area contributed by atoms with E-state index in [9.17, 15) is 4.79 Å². The van der Waals surface area contributed by atoms with Crippen molar-refractivity contribution in [2.75, 3.05) is 14.2 Å². The van der Waals surface area contributed by atoms with E-state index in [0.29, 0.717) is 11.5 Å². The Morgan fingerprint density at radius 2 is 1.79 bits per heavy atom. The first-order valence-electron chi connectivity index (χ1n) is 6.00. The van der Waals surface area contributed by atoms with Gasteiger partial charge >= 0.3 is 5.63 Å². The minimum Gasteiger partial charge on any atom is -0.423 e. The van der Waals surface area contributed by atoms with Crippen molar-refractivity contribution in [2.24, 2.45) is 5.92 Å². The van der Waals surface area contributed by atoms with Gasteiger partial charge in [-0.3, -0.25) is 0 Å². The number of hydrogen-bond acceptors (Lipinski definition) is 3. The topological polar surface area (TPSA) is 39.4 Å². The van der Waals surface area contributed by atoms with Crippen LogP contribution in [-0.2, 0) is 11.2 Å². The highest BCUT2D eigenvalue weighted by molar-refractivity contribution is 7.59. The number of rotatable bonds is 2. The average Bonchev–Trinajstić information content (AvgIpc) is 2.30. The van der Waals surface area contributed by atoms with Gasteiger partial charge in [-0.2, -0.15) is 13.5 Å². The Morgan fingerprint density at radius 1 is 1.21 bits per heavy atom. The number of fused-ring (bicyclic) bond motifs is 1. The van der Waals surface area contributed by atoms with Crippen LogP contribution in [0.4, 0.5) is 0 Å². The van der Waals surface area contributed by atoms with Crippen molar-refractivity contribution in [3.8, 4) is 0 Å². The van der Waals surface area contributed by atoms with E-state index in [-0.39, 0.29) is 19.1 Å². The zero-order valence-corrected chi connectivity index (χ0v) is 12.9. The summed E-state index contributed by atoms with van der Waals surface area (Å²) in [5.41, 5.74) is 1.22. The minimum absolute atomic E-state index is 0. The second-order valence-corrected chi connectivity index (χ2v) is 4.60. The zero-order chi connectivity index (χ0) is 13.5. The van der Waals surface area contributed by atoms with Gasteiger partial charge in [0.15, 0.2) is 0 Å². The van der Waals surface area contributed by atoms with E-state index in [0.717, 1.165) is 17.4 Å². The van der Waals surface area contributed by atoms with Crippen LogP contribution >= 0.6 is 13.5 Å². The van der Waals surface area contributed by atoms with Crippen molar-refractivity contribution in [3.63, 3.8) is 0 Å². The van der Waals surface area contributed by atoms with Crippen LogP contribution in [0, 0.1) is 5.92 Å². The summed E-state index contributed by atoms with van der Waals surface area (Å²) in [6.45, 7) is 4.18. The third-order valence-electron chi connectivity index (χ3n) is 2.34. The monoisotopic (exact) mass is 282 g/mol. The molecule has 0 spiro atoms. The maximum absolute atomic E-state index is 11.6. The molecule has 19 heavy (non-hydrogen) atoms. The molecule has 2 aromatic rings. The van der Waals surface area contributed by atoms with Gasteiger partial charge in [0.25, 0.3) is 0 Å². The molecule has 0 atom stereocenters. The predicted molar refractivity (Wildman–Crippen MR) is 84.3 cm³/mol. The Labute approximate surface area is 121 Å². The highest BCUT2D eigenvalue weighted by Gasteiger charge is 2.06. The molecule has 0 N–H and O–H groups in total. The molecule has 0 amide bonds. The van der Waals surface area contributed by atoms with Crippen LogP contribution in [0.25, 0.3) is 11.0 Å². The van der Waals surface area contributed by atoms with E-state index >= 15 is 0 Å². The first-order chi connectivity index (χ1) is 8.58. The van der Waals surface area contributed by atoms with Crippen LogP contribution in [0.3, 0.4) is 0 Å². The van der Waals surface area contributed by atoms with Gasteiger partial charge in [0.05, 0.1) is 0 Å². The van der Waals surface area contributed by atoms with Crippen molar-refractivity contribution in [3.05, 3.63) is 46.3 Å². The summed E-state index contributed by atoms with van der Waals surface area (Å²) in [5, 5.41) is 0.993.